The molecular weight excluding hydrogens is 1510 g/mol. The third-order valence-corrected chi connectivity index (χ3v) is 24.3. The fourth-order valence-corrected chi connectivity index (χ4v) is 18.1. The molecule has 578 valence electrons. The third kappa shape index (κ3) is 12.6. The Morgan fingerprint density at radius 3 is 0.726 bits per heavy atom. The first-order valence-corrected chi connectivity index (χ1v) is 41.8. The molecular formula is C114H70N8O2. The van der Waals surface area contributed by atoms with E-state index < -0.39 is 0 Å². The van der Waals surface area contributed by atoms with E-state index in [1.54, 1.807) is 0 Å². The lowest BCUT2D eigenvalue weighted by Gasteiger charge is -2.13. The molecule has 124 heavy (non-hydrogen) atoms. The van der Waals surface area contributed by atoms with Crippen LogP contribution in [0.1, 0.15) is 0 Å². The summed E-state index contributed by atoms with van der Waals surface area (Å²) < 4.78 is 17.9. The molecule has 0 aliphatic rings. The number of fused-ring (bicyclic) bond motifs is 14. The van der Waals surface area contributed by atoms with Crippen LogP contribution in [0.15, 0.2) is 433 Å². The minimum absolute atomic E-state index is 0.482. The highest BCUT2D eigenvalue weighted by molar-refractivity contribution is 6.23. The van der Waals surface area contributed by atoms with Crippen LogP contribution in [0.3, 0.4) is 0 Å². The highest BCUT2D eigenvalue weighted by Gasteiger charge is 2.26. The summed E-state index contributed by atoms with van der Waals surface area (Å²) in [6.45, 7) is 0. The van der Waals surface area contributed by atoms with E-state index in [0.29, 0.717) is 35.2 Å². The second kappa shape index (κ2) is 29.6. The Morgan fingerprint density at radius 1 is 0.153 bits per heavy atom. The topological polar surface area (TPSA) is 113 Å². The van der Waals surface area contributed by atoms with Crippen LogP contribution < -0.4 is 0 Å². The van der Waals surface area contributed by atoms with Crippen molar-refractivity contribution in [3.8, 4) is 158 Å². The van der Waals surface area contributed by atoms with Gasteiger partial charge in [-0.1, -0.05) is 358 Å². The van der Waals surface area contributed by atoms with Crippen molar-refractivity contribution in [3.63, 3.8) is 0 Å². The second-order valence-corrected chi connectivity index (χ2v) is 31.7. The first kappa shape index (κ1) is 71.3. The predicted octanol–water partition coefficient (Wildman–Crippen LogP) is 29.7. The van der Waals surface area contributed by atoms with Crippen LogP contribution >= 0.6 is 0 Å². The van der Waals surface area contributed by atoms with E-state index in [1.807, 2.05) is 54.6 Å². The van der Waals surface area contributed by atoms with Gasteiger partial charge in [0.05, 0.1) is 11.0 Å². The van der Waals surface area contributed by atoms with Gasteiger partial charge in [0.2, 0.25) is 11.9 Å². The summed E-state index contributed by atoms with van der Waals surface area (Å²) in [7, 11) is 0. The van der Waals surface area contributed by atoms with Crippen LogP contribution in [-0.4, -0.2) is 39.0 Å². The molecule has 0 radical (unpaired) electrons. The van der Waals surface area contributed by atoms with Crippen LogP contribution in [0.25, 0.3) is 245 Å². The minimum atomic E-state index is 0.482. The third-order valence-electron chi connectivity index (χ3n) is 24.3. The average Bonchev–Trinajstić information content (AvgIpc) is 1.56. The van der Waals surface area contributed by atoms with Crippen molar-refractivity contribution in [3.05, 3.63) is 425 Å². The van der Waals surface area contributed by atoms with E-state index in [2.05, 4.69) is 379 Å². The Bertz CT molecular complexity index is 8320. The van der Waals surface area contributed by atoms with Crippen molar-refractivity contribution < 1.29 is 8.83 Å². The normalized spacial score (nSPS) is 11.7. The molecule has 0 N–H and O–H groups in total. The first-order valence-electron chi connectivity index (χ1n) is 41.8. The zero-order valence-electron chi connectivity index (χ0n) is 66.8. The summed E-state index contributed by atoms with van der Waals surface area (Å²) in [6, 6.07) is 150. The quantitative estimate of drug-likeness (QED) is 0.0997. The van der Waals surface area contributed by atoms with Gasteiger partial charge in [-0.15, -0.1) is 0 Å². The van der Waals surface area contributed by atoms with Gasteiger partial charge in [0.1, 0.15) is 22.2 Å². The summed E-state index contributed by atoms with van der Waals surface area (Å²) in [4.78, 5) is 32.1. The van der Waals surface area contributed by atoms with Crippen molar-refractivity contribution in [2.75, 3.05) is 0 Å². The Hall–Kier alpha value is -16.8. The molecule has 0 saturated carbocycles. The van der Waals surface area contributed by atoms with Gasteiger partial charge in [-0.2, -0.15) is 19.9 Å². The van der Waals surface area contributed by atoms with E-state index in [-0.39, 0.29) is 0 Å². The Morgan fingerprint density at radius 2 is 0.379 bits per heavy atom. The zero-order chi connectivity index (χ0) is 81.7. The van der Waals surface area contributed by atoms with Crippen LogP contribution in [-0.2, 0) is 0 Å². The molecule has 0 atom stereocenters. The number of para-hydroxylation sites is 4. The van der Waals surface area contributed by atoms with Gasteiger partial charge in [-0.05, 0) is 167 Å². The molecule has 0 unspecified atom stereocenters. The summed E-state index contributed by atoms with van der Waals surface area (Å²) in [5, 5.41) is 8.43. The molecule has 6 aromatic heterocycles. The fraction of sp³-hybridized carbons (Fsp3) is 0. The average molecular weight is 1580 g/mol. The van der Waals surface area contributed by atoms with Gasteiger partial charge < -0.3 is 8.83 Å². The second-order valence-electron chi connectivity index (χ2n) is 31.7. The number of hydrogen-bond donors (Lipinski definition) is 0. The smallest absolute Gasteiger partial charge is 0.238 e. The molecule has 6 heterocycles. The van der Waals surface area contributed by atoms with Crippen LogP contribution in [0.4, 0.5) is 0 Å². The van der Waals surface area contributed by atoms with Crippen LogP contribution in [0.2, 0.25) is 0 Å². The van der Waals surface area contributed by atoms with E-state index >= 15 is 0 Å². The van der Waals surface area contributed by atoms with Crippen LogP contribution in [0.5, 0.6) is 0 Å². The highest BCUT2D eigenvalue weighted by atomic mass is 16.3. The van der Waals surface area contributed by atoms with Gasteiger partial charge in [0, 0.05) is 65.3 Å². The molecule has 24 rings (SSSR count). The van der Waals surface area contributed by atoms with E-state index in [0.717, 1.165) is 188 Å². The lowest BCUT2D eigenvalue weighted by Crippen LogP contribution is -2.06. The van der Waals surface area contributed by atoms with Gasteiger partial charge in [0.25, 0.3) is 0 Å². The van der Waals surface area contributed by atoms with Crippen molar-refractivity contribution >= 4 is 87.5 Å². The van der Waals surface area contributed by atoms with E-state index in [1.165, 1.54) is 22.3 Å². The number of benzene rings is 18. The maximum atomic E-state index is 6.84. The van der Waals surface area contributed by atoms with Crippen molar-refractivity contribution in [1.29, 1.82) is 0 Å². The Balaban J connectivity index is 0.518. The fourth-order valence-electron chi connectivity index (χ4n) is 18.1. The van der Waals surface area contributed by atoms with Gasteiger partial charge >= 0.3 is 0 Å². The summed E-state index contributed by atoms with van der Waals surface area (Å²) in [5.74, 6) is 3.22. The number of rotatable bonds is 15. The maximum Gasteiger partial charge on any atom is 0.238 e. The summed E-state index contributed by atoms with van der Waals surface area (Å²) in [6.07, 6.45) is 0. The molecule has 10 heteroatoms. The maximum absolute atomic E-state index is 6.84. The molecule has 0 saturated heterocycles. The standard InChI is InChI=1S/C114H70N8O2/c1-3-20-71(21-4-1)72-42-44-73(45-43-72)74-46-48-75(49-47-74)83-24-15-26-85(66-83)79-56-60-82(61-57-79)111-116-112(120-114(119-111)122-102-39-12-8-35-94(102)98-63-65-100-96-37-10-14-41-104(96)124-108(100)106(98)122)92-33-19-32-91(70-92)90-31-18-30-89(69-90)88-29-17-28-87(68-88)77-52-50-76(51-53-77)84-25-16-27-86(67-84)78-54-58-81(59-55-78)110-115-109(80-22-5-2-6-23-80)117-113(118-110)121-101-38-11-7-34-93(101)97-62-64-99-95-36-9-13-40-103(95)123-107(99)105(97)121/h1-70H. The van der Waals surface area contributed by atoms with E-state index in [9.17, 15) is 0 Å². The van der Waals surface area contributed by atoms with Gasteiger partial charge in [-0.25, -0.2) is 9.97 Å². The Labute approximate surface area is 712 Å². The van der Waals surface area contributed by atoms with Crippen molar-refractivity contribution in [1.82, 2.24) is 39.0 Å². The first-order chi connectivity index (χ1) is 61.4. The number of nitrogens with zero attached hydrogens (tertiary/aromatic N) is 8. The van der Waals surface area contributed by atoms with Gasteiger partial charge in [0.15, 0.2) is 34.5 Å². The number of hydrogen-bond acceptors (Lipinski definition) is 8. The molecule has 0 fully saturated rings. The lowest BCUT2D eigenvalue weighted by molar-refractivity contribution is 0.670. The van der Waals surface area contributed by atoms with Crippen molar-refractivity contribution in [2.45, 2.75) is 0 Å². The Kier molecular flexibility index (Phi) is 17.0. The van der Waals surface area contributed by atoms with Crippen LogP contribution in [0, 0.1) is 0 Å². The minimum Gasteiger partial charge on any atom is -0.454 e. The molecule has 0 aliphatic carbocycles. The summed E-state index contributed by atoms with van der Waals surface area (Å²) in [5.41, 5.74) is 30.7. The van der Waals surface area contributed by atoms with Gasteiger partial charge in [-0.3, -0.25) is 9.13 Å². The molecule has 18 aromatic carbocycles. The highest BCUT2D eigenvalue weighted by Crippen LogP contribution is 2.45. The molecule has 0 amide bonds. The molecule has 0 aliphatic heterocycles. The zero-order valence-corrected chi connectivity index (χ0v) is 66.8. The lowest BCUT2D eigenvalue weighted by atomic mass is 9.94. The largest absolute Gasteiger partial charge is 0.454 e. The molecule has 0 bridgehead atoms. The molecule has 0 spiro atoms. The summed E-state index contributed by atoms with van der Waals surface area (Å²) >= 11 is 0. The molecule has 10 nitrogen and oxygen atoms in total. The number of aromatic nitrogens is 8. The number of furan rings is 2. The molecule has 24 aromatic rings. The monoisotopic (exact) mass is 1580 g/mol. The predicted molar refractivity (Wildman–Crippen MR) is 507 cm³/mol. The van der Waals surface area contributed by atoms with E-state index in [4.69, 9.17) is 38.7 Å². The van der Waals surface area contributed by atoms with Crippen molar-refractivity contribution in [2.24, 2.45) is 0 Å². The SMILES string of the molecule is c1ccc(-c2ccc(-c3ccc(-c4cccc(-c5ccc(-c6nc(-c7cccc(-c8cccc(-c9cccc(-c%10ccc(-c%11cccc(-c%12ccc(-c%13nc(-c%14ccccc%14)nc(-n%14c%15ccccc%15c%15ccc%16c%17ccccc%17oc%16c%15%14)n%13)cc%12)c%11)cc%10)c9)c8)c7)nc(-n7c8ccccc8c8ccc9c%10ccccc%10oc9c87)n6)cc5)c4)cc3)cc2)cc1.